The predicted octanol–water partition coefficient (Wildman–Crippen LogP) is 3.46. The molecule has 7 heteroatoms. The van der Waals surface area contributed by atoms with Gasteiger partial charge in [-0.1, -0.05) is 32.9 Å². The summed E-state index contributed by atoms with van der Waals surface area (Å²) in [5.41, 5.74) is 6.86. The minimum atomic E-state index is -0.781. The van der Waals surface area contributed by atoms with Gasteiger partial charge >= 0.3 is 0 Å². The average molecular weight is 412 g/mol. The van der Waals surface area contributed by atoms with Crippen LogP contribution in [0.3, 0.4) is 0 Å². The fraction of sp³-hybridized carbons (Fsp3) is 0.348. The van der Waals surface area contributed by atoms with E-state index >= 15 is 0 Å². The lowest BCUT2D eigenvalue weighted by molar-refractivity contribution is -0.128. The fourth-order valence-corrected chi connectivity index (χ4v) is 2.64. The lowest BCUT2D eigenvalue weighted by atomic mass is 10.1. The van der Waals surface area contributed by atoms with E-state index in [1.54, 1.807) is 31.2 Å². The number of rotatable bonds is 8. The molecular weight excluding hydrogens is 382 g/mol. The second-order valence-corrected chi connectivity index (χ2v) is 7.42. The zero-order valence-electron chi connectivity index (χ0n) is 17.8. The molecule has 7 nitrogen and oxygen atoms in total. The summed E-state index contributed by atoms with van der Waals surface area (Å²) < 4.78 is 5.59. The second-order valence-electron chi connectivity index (χ2n) is 7.42. The Morgan fingerprint density at radius 3 is 2.10 bits per heavy atom. The van der Waals surface area contributed by atoms with E-state index in [1.807, 2.05) is 38.1 Å². The van der Waals surface area contributed by atoms with E-state index in [1.165, 1.54) is 5.56 Å². The van der Waals surface area contributed by atoms with Gasteiger partial charge in [0.15, 0.2) is 6.10 Å². The molecule has 0 bridgehead atoms. The third kappa shape index (κ3) is 7.24. The highest BCUT2D eigenvalue weighted by Gasteiger charge is 2.16. The van der Waals surface area contributed by atoms with Crippen LogP contribution < -0.4 is 20.9 Å². The average Bonchev–Trinajstić information content (AvgIpc) is 2.72. The summed E-state index contributed by atoms with van der Waals surface area (Å²) in [5, 5.41) is 2.78. The maximum absolute atomic E-state index is 12.2. The van der Waals surface area contributed by atoms with Crippen molar-refractivity contribution < 1.29 is 19.1 Å². The van der Waals surface area contributed by atoms with Gasteiger partial charge in [-0.2, -0.15) is 0 Å². The van der Waals surface area contributed by atoms with Gasteiger partial charge in [-0.05, 0) is 61.2 Å². The number of hydrogen-bond acceptors (Lipinski definition) is 4. The molecule has 2 aromatic carbocycles. The first-order valence-electron chi connectivity index (χ1n) is 10.0. The van der Waals surface area contributed by atoms with Crippen LogP contribution in [0.1, 0.15) is 50.0 Å². The van der Waals surface area contributed by atoms with Gasteiger partial charge in [-0.15, -0.1) is 0 Å². The number of aryl methyl sites for hydroxylation is 1. The standard InChI is InChI=1S/C23H29N3O4/c1-5-17-6-12-20(13-7-17)30-16(4)22(28)25-26-23(29)18-8-10-19(11-9-18)24-21(27)14-15(2)3/h6-13,15-16H,5,14H2,1-4H3,(H,24,27)(H,25,28)(H,26,29)/t16-/m1/s1. The monoisotopic (exact) mass is 411 g/mol. The summed E-state index contributed by atoms with van der Waals surface area (Å²) in [6.07, 6.45) is 0.571. The minimum Gasteiger partial charge on any atom is -0.481 e. The number of anilines is 1. The van der Waals surface area contributed by atoms with E-state index in [4.69, 9.17) is 4.74 Å². The van der Waals surface area contributed by atoms with Crippen molar-refractivity contribution >= 4 is 23.4 Å². The molecule has 3 amide bonds. The molecule has 160 valence electrons. The third-order valence-corrected chi connectivity index (χ3v) is 4.34. The molecule has 0 unspecified atom stereocenters. The van der Waals surface area contributed by atoms with Crippen LogP contribution in [0.25, 0.3) is 0 Å². The molecule has 0 radical (unpaired) electrons. The van der Waals surface area contributed by atoms with Crippen LogP contribution in [-0.4, -0.2) is 23.8 Å². The first-order chi connectivity index (χ1) is 14.3. The van der Waals surface area contributed by atoms with Crippen molar-refractivity contribution in [1.29, 1.82) is 0 Å². The highest BCUT2D eigenvalue weighted by molar-refractivity contribution is 5.97. The highest BCUT2D eigenvalue weighted by atomic mass is 16.5. The largest absolute Gasteiger partial charge is 0.481 e. The van der Waals surface area contributed by atoms with E-state index in [0.29, 0.717) is 23.4 Å². The fourth-order valence-electron chi connectivity index (χ4n) is 2.64. The van der Waals surface area contributed by atoms with Crippen LogP contribution in [0, 0.1) is 5.92 Å². The molecule has 2 rings (SSSR count). The third-order valence-electron chi connectivity index (χ3n) is 4.34. The van der Waals surface area contributed by atoms with Crippen LogP contribution in [0.5, 0.6) is 5.75 Å². The SMILES string of the molecule is CCc1ccc(O[C@H](C)C(=O)NNC(=O)c2ccc(NC(=O)CC(C)C)cc2)cc1. The molecule has 3 N–H and O–H groups in total. The Kier molecular flexibility index (Phi) is 8.41. The number of ether oxygens (including phenoxy) is 1. The van der Waals surface area contributed by atoms with Crippen LogP contribution in [0.15, 0.2) is 48.5 Å². The molecule has 0 aliphatic carbocycles. The van der Waals surface area contributed by atoms with E-state index in [-0.39, 0.29) is 11.8 Å². The predicted molar refractivity (Wildman–Crippen MR) is 116 cm³/mol. The molecule has 0 fully saturated rings. The van der Waals surface area contributed by atoms with Crippen molar-refractivity contribution in [3.05, 3.63) is 59.7 Å². The van der Waals surface area contributed by atoms with Crippen molar-refractivity contribution in [2.24, 2.45) is 5.92 Å². The number of amides is 3. The summed E-state index contributed by atoms with van der Waals surface area (Å²) in [6.45, 7) is 7.60. The molecule has 0 aliphatic rings. The number of carbonyl (C=O) groups excluding carboxylic acids is 3. The lowest BCUT2D eigenvalue weighted by Gasteiger charge is -2.15. The molecule has 0 saturated carbocycles. The van der Waals surface area contributed by atoms with Crippen LogP contribution >= 0.6 is 0 Å². The lowest BCUT2D eigenvalue weighted by Crippen LogP contribution is -2.47. The normalized spacial score (nSPS) is 11.5. The summed E-state index contributed by atoms with van der Waals surface area (Å²) >= 11 is 0. The molecule has 0 heterocycles. The number of hydrazine groups is 1. The zero-order valence-corrected chi connectivity index (χ0v) is 17.8. The molecular formula is C23H29N3O4. The van der Waals surface area contributed by atoms with E-state index in [2.05, 4.69) is 23.1 Å². The minimum absolute atomic E-state index is 0.0761. The first-order valence-corrected chi connectivity index (χ1v) is 10.0. The van der Waals surface area contributed by atoms with Gasteiger partial charge in [-0.25, -0.2) is 0 Å². The summed E-state index contributed by atoms with van der Waals surface area (Å²) in [4.78, 5) is 36.2. The van der Waals surface area contributed by atoms with Crippen molar-refractivity contribution in [1.82, 2.24) is 10.9 Å². The Morgan fingerprint density at radius 1 is 0.900 bits per heavy atom. The Morgan fingerprint density at radius 2 is 1.53 bits per heavy atom. The van der Waals surface area contributed by atoms with E-state index < -0.39 is 17.9 Å². The maximum atomic E-state index is 12.2. The topological polar surface area (TPSA) is 96.5 Å². The summed E-state index contributed by atoms with van der Waals surface area (Å²) in [5.74, 6) is -0.173. The van der Waals surface area contributed by atoms with Gasteiger partial charge in [0.1, 0.15) is 5.75 Å². The van der Waals surface area contributed by atoms with Gasteiger partial charge in [0.2, 0.25) is 5.91 Å². The molecule has 1 atom stereocenters. The van der Waals surface area contributed by atoms with Gasteiger partial charge in [0, 0.05) is 17.7 Å². The van der Waals surface area contributed by atoms with Gasteiger partial charge in [-0.3, -0.25) is 25.2 Å². The van der Waals surface area contributed by atoms with Crippen molar-refractivity contribution in [2.75, 3.05) is 5.32 Å². The molecule has 30 heavy (non-hydrogen) atoms. The van der Waals surface area contributed by atoms with Crippen LogP contribution in [0.4, 0.5) is 5.69 Å². The Labute approximate surface area is 177 Å². The van der Waals surface area contributed by atoms with Crippen molar-refractivity contribution in [3.8, 4) is 5.75 Å². The Bertz CT molecular complexity index is 861. The number of carbonyl (C=O) groups is 3. The zero-order chi connectivity index (χ0) is 22.1. The van der Waals surface area contributed by atoms with Gasteiger partial charge < -0.3 is 10.1 Å². The molecule has 0 saturated heterocycles. The number of nitrogens with one attached hydrogen (secondary N) is 3. The van der Waals surface area contributed by atoms with E-state index in [0.717, 1.165) is 6.42 Å². The van der Waals surface area contributed by atoms with Gasteiger partial charge in [0.05, 0.1) is 0 Å². The summed E-state index contributed by atoms with van der Waals surface area (Å²) in [6, 6.07) is 13.9. The van der Waals surface area contributed by atoms with Crippen molar-refractivity contribution in [3.63, 3.8) is 0 Å². The molecule has 0 aliphatic heterocycles. The first kappa shape index (κ1) is 22.9. The molecule has 0 aromatic heterocycles. The second kappa shape index (κ2) is 11.0. The van der Waals surface area contributed by atoms with E-state index in [9.17, 15) is 14.4 Å². The molecule has 0 spiro atoms. The Hall–Kier alpha value is -3.35. The number of hydrogen-bond donors (Lipinski definition) is 3. The number of benzene rings is 2. The van der Waals surface area contributed by atoms with Crippen LogP contribution in [-0.2, 0) is 16.0 Å². The summed E-state index contributed by atoms with van der Waals surface area (Å²) in [7, 11) is 0. The maximum Gasteiger partial charge on any atom is 0.279 e. The smallest absolute Gasteiger partial charge is 0.279 e. The van der Waals surface area contributed by atoms with Crippen LogP contribution in [0.2, 0.25) is 0 Å². The Balaban J connectivity index is 1.82. The van der Waals surface area contributed by atoms with Crippen molar-refractivity contribution in [2.45, 2.75) is 46.6 Å². The van der Waals surface area contributed by atoms with Gasteiger partial charge in [0.25, 0.3) is 11.8 Å². The quantitative estimate of drug-likeness (QED) is 0.580. The highest BCUT2D eigenvalue weighted by Crippen LogP contribution is 2.14. The molecule has 2 aromatic rings.